The van der Waals surface area contributed by atoms with Crippen LogP contribution in [0.1, 0.15) is 18.9 Å². The maximum atomic E-state index is 12.4. The van der Waals surface area contributed by atoms with Crippen LogP contribution in [0.5, 0.6) is 0 Å². The Morgan fingerprint density at radius 1 is 1.19 bits per heavy atom. The summed E-state index contributed by atoms with van der Waals surface area (Å²) in [7, 11) is 1.43. The summed E-state index contributed by atoms with van der Waals surface area (Å²) in [6.45, 7) is 1.85. The molecule has 0 aliphatic rings. The third-order valence-corrected chi connectivity index (χ3v) is 5.26. The van der Waals surface area contributed by atoms with E-state index >= 15 is 0 Å². The van der Waals surface area contributed by atoms with Crippen LogP contribution in [0.4, 0.5) is 0 Å². The van der Waals surface area contributed by atoms with Gasteiger partial charge < -0.3 is 5.32 Å². The maximum Gasteiger partial charge on any atom is 0.331 e. The number of aromatic nitrogens is 2. The van der Waals surface area contributed by atoms with E-state index in [1.165, 1.54) is 28.5 Å². The topological polar surface area (TPSA) is 73.1 Å². The number of benzene rings is 1. The van der Waals surface area contributed by atoms with E-state index in [2.05, 4.69) is 17.4 Å². The van der Waals surface area contributed by atoms with E-state index in [4.69, 9.17) is 0 Å². The average Bonchev–Trinajstić information content (AvgIpc) is 3.12. The molecule has 0 fully saturated rings. The Labute approximate surface area is 154 Å². The summed E-state index contributed by atoms with van der Waals surface area (Å²) < 4.78 is 2.88. The molecule has 3 rings (SSSR count). The van der Waals surface area contributed by atoms with Crippen LogP contribution in [0.25, 0.3) is 10.2 Å². The quantitative estimate of drug-likeness (QED) is 0.719. The summed E-state index contributed by atoms with van der Waals surface area (Å²) >= 11 is 1.27. The summed E-state index contributed by atoms with van der Waals surface area (Å²) in [5, 5.41) is 4.69. The van der Waals surface area contributed by atoms with Crippen molar-refractivity contribution in [3.63, 3.8) is 0 Å². The number of hydrogen-bond acceptors (Lipinski definition) is 4. The summed E-state index contributed by atoms with van der Waals surface area (Å²) in [5.74, 6) is -0.237. The number of carbonyl (C=O) groups is 1. The van der Waals surface area contributed by atoms with Gasteiger partial charge in [-0.15, -0.1) is 11.3 Å². The summed E-state index contributed by atoms with van der Waals surface area (Å²) in [5.41, 5.74) is 0.930. The number of carbonyl (C=O) groups excluding carboxylic acids is 1. The third-order valence-electron chi connectivity index (χ3n) is 4.37. The van der Waals surface area contributed by atoms with Crippen molar-refractivity contribution in [1.82, 2.24) is 14.5 Å². The predicted octanol–water partition coefficient (Wildman–Crippen LogP) is 1.90. The molecule has 1 atom stereocenters. The van der Waals surface area contributed by atoms with Crippen LogP contribution >= 0.6 is 11.3 Å². The lowest BCUT2D eigenvalue weighted by molar-refractivity contribution is -0.122. The molecule has 1 amide bonds. The van der Waals surface area contributed by atoms with Gasteiger partial charge in [-0.2, -0.15) is 0 Å². The molecule has 0 radical (unpaired) electrons. The second-order valence-corrected chi connectivity index (χ2v) is 7.28. The molecule has 1 unspecified atom stereocenters. The van der Waals surface area contributed by atoms with Crippen molar-refractivity contribution in [2.75, 3.05) is 0 Å². The number of aryl methyl sites for hydroxylation is 1. The molecule has 6 nitrogen and oxygen atoms in total. The zero-order valence-corrected chi connectivity index (χ0v) is 15.6. The number of hydrogen-bond donors (Lipinski definition) is 1. The number of nitrogens with zero attached hydrogens (tertiary/aromatic N) is 2. The standard InChI is InChI=1S/C19H21N3O3S/c1-13(8-9-14-6-4-3-5-7-14)20-16(23)12-22-15-10-11-26-17(15)18(24)21(2)19(22)25/h3-7,10-11,13H,8-9,12H2,1-2H3,(H,20,23). The van der Waals surface area contributed by atoms with Crippen LogP contribution in [0, 0.1) is 0 Å². The normalized spacial score (nSPS) is 12.2. The van der Waals surface area contributed by atoms with Gasteiger partial charge in [0.1, 0.15) is 11.2 Å². The minimum Gasteiger partial charge on any atom is -0.352 e. The fourth-order valence-corrected chi connectivity index (χ4v) is 3.79. The van der Waals surface area contributed by atoms with Gasteiger partial charge in [0.05, 0.1) is 5.52 Å². The Balaban J connectivity index is 1.69. The second-order valence-electron chi connectivity index (χ2n) is 6.36. The third kappa shape index (κ3) is 3.77. The van der Waals surface area contributed by atoms with Gasteiger partial charge >= 0.3 is 5.69 Å². The molecule has 0 aliphatic heterocycles. The van der Waals surface area contributed by atoms with Crippen LogP contribution in [0.2, 0.25) is 0 Å². The van der Waals surface area contributed by atoms with E-state index in [9.17, 15) is 14.4 Å². The first-order chi connectivity index (χ1) is 12.5. The molecule has 0 saturated carbocycles. The van der Waals surface area contributed by atoms with E-state index in [0.29, 0.717) is 10.2 Å². The summed E-state index contributed by atoms with van der Waals surface area (Å²) in [4.78, 5) is 36.9. The zero-order chi connectivity index (χ0) is 18.7. The van der Waals surface area contributed by atoms with Gasteiger partial charge in [-0.25, -0.2) is 4.79 Å². The van der Waals surface area contributed by atoms with Gasteiger partial charge in [0.25, 0.3) is 5.56 Å². The fourth-order valence-electron chi connectivity index (χ4n) is 2.92. The molecular weight excluding hydrogens is 350 g/mol. The Morgan fingerprint density at radius 2 is 1.92 bits per heavy atom. The maximum absolute atomic E-state index is 12.4. The van der Waals surface area contributed by atoms with Gasteiger partial charge in [-0.05, 0) is 36.8 Å². The lowest BCUT2D eigenvalue weighted by atomic mass is 10.1. The molecule has 2 aromatic heterocycles. The molecule has 1 N–H and O–H groups in total. The van der Waals surface area contributed by atoms with Gasteiger partial charge in [-0.3, -0.25) is 18.7 Å². The molecule has 0 aliphatic carbocycles. The first-order valence-corrected chi connectivity index (χ1v) is 9.35. The van der Waals surface area contributed by atoms with Crippen molar-refractivity contribution in [3.8, 4) is 0 Å². The summed E-state index contributed by atoms with van der Waals surface area (Å²) in [6, 6.07) is 11.8. The molecule has 0 bridgehead atoms. The van der Waals surface area contributed by atoms with E-state index in [-0.39, 0.29) is 24.1 Å². The fraction of sp³-hybridized carbons (Fsp3) is 0.316. The highest BCUT2D eigenvalue weighted by atomic mass is 32.1. The van der Waals surface area contributed by atoms with Crippen molar-refractivity contribution in [3.05, 3.63) is 68.2 Å². The van der Waals surface area contributed by atoms with Crippen LogP contribution < -0.4 is 16.6 Å². The molecule has 2 heterocycles. The van der Waals surface area contributed by atoms with Crippen molar-refractivity contribution in [1.29, 1.82) is 0 Å². The Kier molecular flexibility index (Phi) is 5.37. The van der Waals surface area contributed by atoms with E-state index in [0.717, 1.165) is 17.4 Å². The van der Waals surface area contributed by atoms with Crippen molar-refractivity contribution in [2.45, 2.75) is 32.4 Å². The van der Waals surface area contributed by atoms with Gasteiger partial charge in [0, 0.05) is 13.1 Å². The monoisotopic (exact) mass is 371 g/mol. The minimum atomic E-state index is -0.479. The van der Waals surface area contributed by atoms with Gasteiger partial charge in [0.2, 0.25) is 5.91 Å². The number of thiophene rings is 1. The van der Waals surface area contributed by atoms with Crippen LogP contribution in [-0.2, 0) is 24.8 Å². The van der Waals surface area contributed by atoms with Gasteiger partial charge in [-0.1, -0.05) is 30.3 Å². The lowest BCUT2D eigenvalue weighted by Gasteiger charge is -2.15. The molecule has 136 valence electrons. The summed E-state index contributed by atoms with van der Waals surface area (Å²) in [6.07, 6.45) is 1.68. The molecular formula is C19H21N3O3S. The minimum absolute atomic E-state index is 0.0103. The van der Waals surface area contributed by atoms with E-state index < -0.39 is 5.69 Å². The van der Waals surface area contributed by atoms with Crippen molar-refractivity contribution >= 4 is 27.5 Å². The van der Waals surface area contributed by atoms with Crippen LogP contribution in [0.15, 0.2) is 51.4 Å². The van der Waals surface area contributed by atoms with E-state index in [1.54, 1.807) is 11.4 Å². The van der Waals surface area contributed by atoms with Crippen molar-refractivity contribution < 1.29 is 4.79 Å². The smallest absolute Gasteiger partial charge is 0.331 e. The Hall–Kier alpha value is -2.67. The first-order valence-electron chi connectivity index (χ1n) is 8.47. The number of rotatable bonds is 6. The van der Waals surface area contributed by atoms with Crippen LogP contribution in [-0.4, -0.2) is 21.1 Å². The highest BCUT2D eigenvalue weighted by Gasteiger charge is 2.15. The Morgan fingerprint density at radius 3 is 2.65 bits per heavy atom. The number of nitrogens with one attached hydrogen (secondary N) is 1. The van der Waals surface area contributed by atoms with E-state index in [1.807, 2.05) is 25.1 Å². The van der Waals surface area contributed by atoms with Gasteiger partial charge in [0.15, 0.2) is 0 Å². The lowest BCUT2D eigenvalue weighted by Crippen LogP contribution is -2.42. The Bertz CT molecular complexity index is 1030. The highest BCUT2D eigenvalue weighted by Crippen LogP contribution is 2.14. The van der Waals surface area contributed by atoms with Crippen LogP contribution in [0.3, 0.4) is 0 Å². The predicted molar refractivity (Wildman–Crippen MR) is 104 cm³/mol. The largest absolute Gasteiger partial charge is 0.352 e. The SMILES string of the molecule is CC(CCc1ccccc1)NC(=O)Cn1c(=O)n(C)c(=O)c2sccc21. The van der Waals surface area contributed by atoms with Crippen molar-refractivity contribution in [2.24, 2.45) is 7.05 Å². The molecule has 0 saturated heterocycles. The second kappa shape index (κ2) is 7.70. The number of fused-ring (bicyclic) bond motifs is 1. The molecule has 3 aromatic rings. The molecule has 0 spiro atoms. The average molecular weight is 371 g/mol. The zero-order valence-electron chi connectivity index (χ0n) is 14.8. The molecule has 7 heteroatoms. The molecule has 1 aromatic carbocycles. The molecule has 26 heavy (non-hydrogen) atoms. The number of amides is 1. The highest BCUT2D eigenvalue weighted by molar-refractivity contribution is 7.17. The first kappa shape index (κ1) is 18.1.